The molecule has 2 rings (SSSR count). The third kappa shape index (κ3) is 3.33. The van der Waals surface area contributed by atoms with Gasteiger partial charge in [-0.2, -0.15) is 0 Å². The van der Waals surface area contributed by atoms with E-state index in [0.717, 1.165) is 15.9 Å². The predicted octanol–water partition coefficient (Wildman–Crippen LogP) is 1.14. The number of rotatable bonds is 5. The summed E-state index contributed by atoms with van der Waals surface area (Å²) in [6, 6.07) is 7.62. The van der Waals surface area contributed by atoms with E-state index in [-0.39, 0.29) is 5.91 Å². The highest BCUT2D eigenvalue weighted by atomic mass is 32.2. The monoisotopic (exact) mass is 277 g/mol. The van der Waals surface area contributed by atoms with Crippen LogP contribution in [0.3, 0.4) is 0 Å². The van der Waals surface area contributed by atoms with Crippen molar-refractivity contribution < 1.29 is 4.79 Å². The molecule has 0 saturated carbocycles. The van der Waals surface area contributed by atoms with Gasteiger partial charge >= 0.3 is 0 Å². The maximum atomic E-state index is 11.5. The van der Waals surface area contributed by atoms with Gasteiger partial charge < -0.3 is 5.32 Å². The van der Waals surface area contributed by atoms with Crippen LogP contribution >= 0.6 is 11.8 Å². The number of nitrogens with two attached hydrogens (primary N) is 1. The van der Waals surface area contributed by atoms with Crippen LogP contribution in [-0.4, -0.2) is 28.2 Å². The Labute approximate surface area is 115 Å². The zero-order chi connectivity index (χ0) is 13.7. The molecular weight excluding hydrogens is 262 g/mol. The van der Waals surface area contributed by atoms with Crippen LogP contribution in [0.25, 0.3) is 10.9 Å². The van der Waals surface area contributed by atoms with Gasteiger partial charge in [0.25, 0.3) is 0 Å². The second kappa shape index (κ2) is 6.35. The van der Waals surface area contributed by atoms with Gasteiger partial charge in [-0.1, -0.05) is 30.0 Å². The van der Waals surface area contributed by atoms with E-state index in [1.807, 2.05) is 31.2 Å². The molecular formula is C12H15N5OS. The molecule has 1 aromatic carbocycles. The Bertz CT molecular complexity index is 589. The standard InChI is InChI=1S/C12H15N5OS/c1-2-14-10(18)7-19-11-8-5-3-4-6-9(8)15-12(16-11)17-13/h3-6H,2,7,13H2,1H3,(H,14,18)(H,15,16,17). The zero-order valence-electron chi connectivity index (χ0n) is 10.5. The first kappa shape index (κ1) is 13.6. The number of carbonyl (C=O) groups is 1. The molecule has 0 aliphatic rings. The highest BCUT2D eigenvalue weighted by Crippen LogP contribution is 2.25. The lowest BCUT2D eigenvalue weighted by Gasteiger charge is -2.07. The molecule has 4 N–H and O–H groups in total. The Hall–Kier alpha value is -1.86. The van der Waals surface area contributed by atoms with Crippen LogP contribution in [0.2, 0.25) is 0 Å². The van der Waals surface area contributed by atoms with E-state index in [0.29, 0.717) is 18.2 Å². The summed E-state index contributed by atoms with van der Waals surface area (Å²) in [6.45, 7) is 2.51. The number of hydrazine groups is 1. The van der Waals surface area contributed by atoms with Crippen molar-refractivity contribution in [3.05, 3.63) is 24.3 Å². The molecule has 1 heterocycles. The third-order valence-electron chi connectivity index (χ3n) is 2.41. The Morgan fingerprint density at radius 3 is 2.89 bits per heavy atom. The molecule has 1 aromatic heterocycles. The van der Waals surface area contributed by atoms with Crippen LogP contribution in [0.1, 0.15) is 6.92 Å². The van der Waals surface area contributed by atoms with E-state index in [1.54, 1.807) is 0 Å². The molecule has 1 amide bonds. The number of nitrogens with one attached hydrogen (secondary N) is 2. The molecule has 0 saturated heterocycles. The number of benzene rings is 1. The topological polar surface area (TPSA) is 92.9 Å². The molecule has 0 atom stereocenters. The summed E-state index contributed by atoms with van der Waals surface area (Å²) in [5.74, 6) is 6.00. The van der Waals surface area contributed by atoms with E-state index in [2.05, 4.69) is 20.7 Å². The molecule has 0 aliphatic carbocycles. The van der Waals surface area contributed by atoms with E-state index < -0.39 is 0 Å². The quantitative estimate of drug-likeness (QED) is 0.328. The largest absolute Gasteiger partial charge is 0.356 e. The van der Waals surface area contributed by atoms with Crippen molar-refractivity contribution in [3.8, 4) is 0 Å². The molecule has 7 heteroatoms. The van der Waals surface area contributed by atoms with Gasteiger partial charge in [-0.3, -0.25) is 10.2 Å². The van der Waals surface area contributed by atoms with E-state index in [4.69, 9.17) is 5.84 Å². The molecule has 0 spiro atoms. The maximum absolute atomic E-state index is 11.5. The Kier molecular flexibility index (Phi) is 4.53. The maximum Gasteiger partial charge on any atom is 0.238 e. The third-order valence-corrected chi connectivity index (χ3v) is 3.40. The Morgan fingerprint density at radius 1 is 1.37 bits per heavy atom. The lowest BCUT2D eigenvalue weighted by Crippen LogP contribution is -2.24. The first-order chi connectivity index (χ1) is 9.24. The van der Waals surface area contributed by atoms with Crippen LogP contribution in [0.15, 0.2) is 29.3 Å². The fourth-order valence-electron chi connectivity index (χ4n) is 1.60. The normalized spacial score (nSPS) is 10.4. The van der Waals surface area contributed by atoms with Gasteiger partial charge in [0.1, 0.15) is 5.03 Å². The molecule has 0 aliphatic heterocycles. The van der Waals surface area contributed by atoms with Crippen molar-refractivity contribution in [3.63, 3.8) is 0 Å². The van der Waals surface area contributed by atoms with Crippen LogP contribution < -0.4 is 16.6 Å². The zero-order valence-corrected chi connectivity index (χ0v) is 11.3. The number of nitrogens with zero attached hydrogens (tertiary/aromatic N) is 2. The molecule has 0 fully saturated rings. The van der Waals surface area contributed by atoms with Crippen LogP contribution in [-0.2, 0) is 4.79 Å². The van der Waals surface area contributed by atoms with Crippen molar-refractivity contribution >= 4 is 34.5 Å². The summed E-state index contributed by atoms with van der Waals surface area (Å²) in [7, 11) is 0. The minimum atomic E-state index is -0.0162. The summed E-state index contributed by atoms with van der Waals surface area (Å²) in [6.07, 6.45) is 0. The minimum absolute atomic E-state index is 0.0162. The average Bonchev–Trinajstić information content (AvgIpc) is 2.44. The van der Waals surface area contributed by atoms with Crippen LogP contribution in [0.5, 0.6) is 0 Å². The van der Waals surface area contributed by atoms with E-state index in [1.165, 1.54) is 11.8 Å². The number of aromatic nitrogens is 2. The lowest BCUT2D eigenvalue weighted by molar-refractivity contribution is -0.118. The average molecular weight is 277 g/mol. The van der Waals surface area contributed by atoms with E-state index >= 15 is 0 Å². The van der Waals surface area contributed by atoms with Gasteiger partial charge in [0.2, 0.25) is 11.9 Å². The molecule has 19 heavy (non-hydrogen) atoms. The number of para-hydroxylation sites is 1. The number of amides is 1. The van der Waals surface area contributed by atoms with Crippen molar-refractivity contribution in [2.45, 2.75) is 11.9 Å². The van der Waals surface area contributed by atoms with Gasteiger partial charge in [0.05, 0.1) is 11.3 Å². The number of hydrogen-bond acceptors (Lipinski definition) is 6. The SMILES string of the molecule is CCNC(=O)CSc1nc(NN)nc2ccccc12. The Morgan fingerprint density at radius 2 is 2.16 bits per heavy atom. The van der Waals surface area contributed by atoms with Crippen molar-refractivity contribution in [1.82, 2.24) is 15.3 Å². The summed E-state index contributed by atoms with van der Waals surface area (Å²) in [4.78, 5) is 20.0. The molecule has 6 nitrogen and oxygen atoms in total. The second-order valence-electron chi connectivity index (χ2n) is 3.76. The number of thioether (sulfide) groups is 1. The van der Waals surface area contributed by atoms with Gasteiger partial charge in [0, 0.05) is 11.9 Å². The first-order valence-electron chi connectivity index (χ1n) is 5.87. The molecule has 0 unspecified atom stereocenters. The highest BCUT2D eigenvalue weighted by molar-refractivity contribution is 8.00. The summed E-state index contributed by atoms with van der Waals surface area (Å²) in [5.41, 5.74) is 3.23. The van der Waals surface area contributed by atoms with Gasteiger partial charge in [0.15, 0.2) is 0 Å². The van der Waals surface area contributed by atoms with Crippen LogP contribution in [0, 0.1) is 0 Å². The first-order valence-corrected chi connectivity index (χ1v) is 6.86. The minimum Gasteiger partial charge on any atom is -0.356 e. The number of anilines is 1. The predicted molar refractivity (Wildman–Crippen MR) is 76.8 cm³/mol. The van der Waals surface area contributed by atoms with Gasteiger partial charge in [-0.05, 0) is 13.0 Å². The molecule has 2 aromatic rings. The fourth-order valence-corrected chi connectivity index (χ4v) is 2.45. The van der Waals surface area contributed by atoms with E-state index in [9.17, 15) is 4.79 Å². The number of carbonyl (C=O) groups excluding carboxylic acids is 1. The lowest BCUT2D eigenvalue weighted by atomic mass is 10.2. The van der Waals surface area contributed by atoms with Crippen LogP contribution in [0.4, 0.5) is 5.95 Å². The summed E-state index contributed by atoms with van der Waals surface area (Å²) >= 11 is 1.37. The number of hydrogen-bond donors (Lipinski definition) is 3. The Balaban J connectivity index is 2.27. The summed E-state index contributed by atoms with van der Waals surface area (Å²) < 4.78 is 0. The van der Waals surface area contributed by atoms with Crippen molar-refractivity contribution in [1.29, 1.82) is 0 Å². The summed E-state index contributed by atoms with van der Waals surface area (Å²) in [5, 5.41) is 4.40. The number of nitrogen functional groups attached to an aromatic ring is 1. The van der Waals surface area contributed by atoms with Gasteiger partial charge in [-0.15, -0.1) is 0 Å². The molecule has 100 valence electrons. The fraction of sp³-hybridized carbons (Fsp3) is 0.250. The molecule has 0 radical (unpaired) electrons. The van der Waals surface area contributed by atoms with Crippen molar-refractivity contribution in [2.75, 3.05) is 17.7 Å². The smallest absolute Gasteiger partial charge is 0.238 e. The number of fused-ring (bicyclic) bond motifs is 1. The van der Waals surface area contributed by atoms with Gasteiger partial charge in [-0.25, -0.2) is 15.8 Å². The highest BCUT2D eigenvalue weighted by Gasteiger charge is 2.09. The molecule has 0 bridgehead atoms. The van der Waals surface area contributed by atoms with Crippen molar-refractivity contribution in [2.24, 2.45) is 5.84 Å². The second-order valence-corrected chi connectivity index (χ2v) is 4.72.